The summed E-state index contributed by atoms with van der Waals surface area (Å²) in [7, 11) is 6.01. The van der Waals surface area contributed by atoms with Gasteiger partial charge in [-0.25, -0.2) is 0 Å². The second kappa shape index (κ2) is 8.28. The van der Waals surface area contributed by atoms with Crippen molar-refractivity contribution >= 4 is 0 Å². The molecule has 0 fully saturated rings. The predicted octanol–water partition coefficient (Wildman–Crippen LogP) is 2.80. The van der Waals surface area contributed by atoms with E-state index in [0.29, 0.717) is 18.0 Å². The highest BCUT2D eigenvalue weighted by molar-refractivity contribution is 5.27. The molecule has 114 valence electrons. The molecule has 0 saturated heterocycles. The van der Waals surface area contributed by atoms with Crippen molar-refractivity contribution < 1.29 is 4.74 Å². The largest absolute Gasteiger partial charge is 0.497 e. The third-order valence-electron chi connectivity index (χ3n) is 3.81. The summed E-state index contributed by atoms with van der Waals surface area (Å²) < 4.78 is 5.18. The van der Waals surface area contributed by atoms with Crippen LogP contribution in [0.25, 0.3) is 0 Å². The number of nitrogens with zero attached hydrogens (tertiary/aromatic N) is 1. The summed E-state index contributed by atoms with van der Waals surface area (Å²) in [4.78, 5) is 2.30. The minimum atomic E-state index is 0.476. The highest BCUT2D eigenvalue weighted by Gasteiger charge is 2.16. The molecule has 0 amide bonds. The average molecular weight is 278 g/mol. The van der Waals surface area contributed by atoms with E-state index in [0.717, 1.165) is 18.7 Å². The van der Waals surface area contributed by atoms with Crippen molar-refractivity contribution in [2.75, 3.05) is 27.7 Å². The van der Waals surface area contributed by atoms with Crippen molar-refractivity contribution in [2.24, 2.45) is 5.92 Å². The molecule has 20 heavy (non-hydrogen) atoms. The average Bonchev–Trinajstić information content (AvgIpc) is 2.39. The standard InChI is InChI=1S/C17H30N2O/c1-13(2)17(19(4)5)12-18-14(3)11-15-7-9-16(20-6)10-8-15/h7-10,13-14,17-18H,11-12H2,1-6H3. The van der Waals surface area contributed by atoms with Crippen LogP contribution in [0.2, 0.25) is 0 Å². The van der Waals surface area contributed by atoms with E-state index in [4.69, 9.17) is 4.74 Å². The maximum atomic E-state index is 5.18. The monoisotopic (exact) mass is 278 g/mol. The van der Waals surface area contributed by atoms with Gasteiger partial charge in [-0.05, 0) is 51.1 Å². The first-order valence-corrected chi connectivity index (χ1v) is 7.46. The van der Waals surface area contributed by atoms with E-state index in [1.165, 1.54) is 5.56 Å². The van der Waals surface area contributed by atoms with E-state index < -0.39 is 0 Å². The molecule has 0 aliphatic rings. The van der Waals surface area contributed by atoms with Gasteiger partial charge in [-0.1, -0.05) is 26.0 Å². The number of hydrogen-bond acceptors (Lipinski definition) is 3. The highest BCUT2D eigenvalue weighted by atomic mass is 16.5. The molecule has 2 atom stereocenters. The van der Waals surface area contributed by atoms with Crippen LogP contribution in [0.4, 0.5) is 0 Å². The van der Waals surface area contributed by atoms with Gasteiger partial charge in [0.1, 0.15) is 5.75 Å². The summed E-state index contributed by atoms with van der Waals surface area (Å²) in [6.07, 6.45) is 1.04. The Kier molecular flexibility index (Phi) is 7.03. The zero-order valence-electron chi connectivity index (χ0n) is 13.8. The molecule has 1 aromatic rings. The molecule has 0 aliphatic heterocycles. The van der Waals surface area contributed by atoms with Gasteiger partial charge in [0.25, 0.3) is 0 Å². The fraction of sp³-hybridized carbons (Fsp3) is 0.647. The fourth-order valence-corrected chi connectivity index (χ4v) is 2.52. The van der Waals surface area contributed by atoms with Crippen LogP contribution in [0.3, 0.4) is 0 Å². The number of rotatable bonds is 8. The normalized spacial score (nSPS) is 14.6. The molecule has 0 bridgehead atoms. The Morgan fingerprint density at radius 1 is 1.10 bits per heavy atom. The molecule has 2 unspecified atom stereocenters. The Balaban J connectivity index is 2.44. The first-order chi connectivity index (χ1) is 9.43. The van der Waals surface area contributed by atoms with Crippen molar-refractivity contribution in [1.82, 2.24) is 10.2 Å². The molecular formula is C17H30N2O. The lowest BCUT2D eigenvalue weighted by Crippen LogP contribution is -2.44. The third-order valence-corrected chi connectivity index (χ3v) is 3.81. The van der Waals surface area contributed by atoms with Crippen molar-refractivity contribution in [3.8, 4) is 5.75 Å². The fourth-order valence-electron chi connectivity index (χ4n) is 2.52. The van der Waals surface area contributed by atoms with Gasteiger partial charge in [-0.3, -0.25) is 0 Å². The minimum Gasteiger partial charge on any atom is -0.497 e. The second-order valence-electron chi connectivity index (χ2n) is 6.14. The Labute approximate surface area is 124 Å². The Bertz CT molecular complexity index is 365. The molecule has 0 radical (unpaired) electrons. The molecule has 1 rings (SSSR count). The van der Waals surface area contributed by atoms with Crippen LogP contribution in [-0.2, 0) is 6.42 Å². The number of ether oxygens (including phenoxy) is 1. The van der Waals surface area contributed by atoms with Gasteiger partial charge < -0.3 is 15.0 Å². The first kappa shape index (κ1) is 17.0. The molecule has 1 aromatic carbocycles. The molecule has 3 nitrogen and oxygen atoms in total. The quantitative estimate of drug-likeness (QED) is 0.791. The smallest absolute Gasteiger partial charge is 0.118 e. The molecule has 0 saturated carbocycles. The topological polar surface area (TPSA) is 24.5 Å². The van der Waals surface area contributed by atoms with Gasteiger partial charge >= 0.3 is 0 Å². The van der Waals surface area contributed by atoms with Gasteiger partial charge in [0, 0.05) is 18.6 Å². The molecule has 0 aromatic heterocycles. The molecule has 0 aliphatic carbocycles. The maximum absolute atomic E-state index is 5.18. The van der Waals surface area contributed by atoms with Gasteiger partial charge in [0.15, 0.2) is 0 Å². The summed E-state index contributed by atoms with van der Waals surface area (Å²) in [5.74, 6) is 1.58. The van der Waals surface area contributed by atoms with E-state index in [2.05, 4.69) is 57.2 Å². The lowest BCUT2D eigenvalue weighted by atomic mass is 10.0. The number of nitrogens with one attached hydrogen (secondary N) is 1. The lowest BCUT2D eigenvalue weighted by molar-refractivity contribution is 0.219. The third kappa shape index (κ3) is 5.51. The van der Waals surface area contributed by atoms with E-state index in [-0.39, 0.29) is 0 Å². The SMILES string of the molecule is COc1ccc(CC(C)NCC(C(C)C)N(C)C)cc1. The first-order valence-electron chi connectivity index (χ1n) is 7.46. The number of hydrogen-bond donors (Lipinski definition) is 1. The molecule has 1 N–H and O–H groups in total. The predicted molar refractivity (Wildman–Crippen MR) is 86.5 cm³/mol. The second-order valence-corrected chi connectivity index (χ2v) is 6.14. The highest BCUT2D eigenvalue weighted by Crippen LogP contribution is 2.13. The van der Waals surface area contributed by atoms with Crippen LogP contribution < -0.4 is 10.1 Å². The van der Waals surface area contributed by atoms with Crippen LogP contribution in [0.5, 0.6) is 5.75 Å². The van der Waals surface area contributed by atoms with Gasteiger partial charge in [-0.2, -0.15) is 0 Å². The minimum absolute atomic E-state index is 0.476. The summed E-state index contributed by atoms with van der Waals surface area (Å²) in [6, 6.07) is 9.39. The van der Waals surface area contributed by atoms with Crippen LogP contribution in [0, 0.1) is 5.92 Å². The summed E-state index contributed by atoms with van der Waals surface area (Å²) >= 11 is 0. The lowest BCUT2D eigenvalue weighted by Gasteiger charge is -2.29. The number of benzene rings is 1. The van der Waals surface area contributed by atoms with Crippen LogP contribution in [0.15, 0.2) is 24.3 Å². The zero-order valence-corrected chi connectivity index (χ0v) is 13.8. The van der Waals surface area contributed by atoms with Crippen LogP contribution >= 0.6 is 0 Å². The van der Waals surface area contributed by atoms with E-state index in [1.807, 2.05) is 12.1 Å². The summed E-state index contributed by atoms with van der Waals surface area (Å²) in [6.45, 7) is 7.83. The molecule has 0 heterocycles. The molecule has 3 heteroatoms. The molecule has 0 spiro atoms. The van der Waals surface area contributed by atoms with Crippen LogP contribution in [0.1, 0.15) is 26.3 Å². The Morgan fingerprint density at radius 2 is 1.70 bits per heavy atom. The van der Waals surface area contributed by atoms with Crippen molar-refractivity contribution in [3.05, 3.63) is 29.8 Å². The van der Waals surface area contributed by atoms with Gasteiger partial charge in [-0.15, -0.1) is 0 Å². The maximum Gasteiger partial charge on any atom is 0.118 e. The van der Waals surface area contributed by atoms with E-state index in [9.17, 15) is 0 Å². The Hall–Kier alpha value is -1.06. The van der Waals surface area contributed by atoms with Gasteiger partial charge in [0.2, 0.25) is 0 Å². The summed E-state index contributed by atoms with van der Waals surface area (Å²) in [5, 5.41) is 3.65. The number of likely N-dealkylation sites (N-methyl/N-ethyl adjacent to an activating group) is 1. The van der Waals surface area contributed by atoms with E-state index >= 15 is 0 Å². The van der Waals surface area contributed by atoms with Crippen molar-refractivity contribution in [2.45, 2.75) is 39.3 Å². The molecular weight excluding hydrogens is 248 g/mol. The van der Waals surface area contributed by atoms with Crippen LogP contribution in [-0.4, -0.2) is 44.7 Å². The van der Waals surface area contributed by atoms with Crippen molar-refractivity contribution in [1.29, 1.82) is 0 Å². The summed E-state index contributed by atoms with van der Waals surface area (Å²) in [5.41, 5.74) is 1.34. The number of methoxy groups -OCH3 is 1. The van der Waals surface area contributed by atoms with E-state index in [1.54, 1.807) is 7.11 Å². The van der Waals surface area contributed by atoms with Crippen molar-refractivity contribution in [3.63, 3.8) is 0 Å². The van der Waals surface area contributed by atoms with Gasteiger partial charge in [0.05, 0.1) is 7.11 Å². The Morgan fingerprint density at radius 3 is 2.15 bits per heavy atom. The zero-order chi connectivity index (χ0) is 15.1.